The molecular weight excluding hydrogens is 142 g/mol. The molecule has 0 aliphatic heterocycles. The van der Waals surface area contributed by atoms with E-state index < -0.39 is 0 Å². The summed E-state index contributed by atoms with van der Waals surface area (Å²) >= 11 is 0. The molecule has 60 valence electrons. The first-order valence-electron chi connectivity index (χ1n) is 3.39. The topological polar surface area (TPSA) is 31.4 Å². The summed E-state index contributed by atoms with van der Waals surface area (Å²) in [4.78, 5) is 3.94. The van der Waals surface area contributed by atoms with Crippen molar-refractivity contribution in [1.29, 1.82) is 0 Å². The number of methoxy groups -OCH3 is 1. The number of ether oxygens (including phenoxy) is 2. The minimum atomic E-state index is 0.328. The predicted octanol–water partition coefficient (Wildman–Crippen LogP) is 1.20. The lowest BCUT2D eigenvalue weighted by molar-refractivity contribution is -0.0391. The van der Waals surface area contributed by atoms with E-state index in [1.807, 2.05) is 12.1 Å². The standard InChI is InChI=1S/C8H11NO2/c1-10-7-11-6-8-3-2-4-9-5-8/h2-5H,6-7H2,1H3. The molecular formula is C8H11NO2. The number of hydrogen-bond donors (Lipinski definition) is 0. The molecule has 1 heterocycles. The van der Waals surface area contributed by atoms with Crippen LogP contribution in [0.2, 0.25) is 0 Å². The molecule has 0 fully saturated rings. The maximum Gasteiger partial charge on any atom is 0.146 e. The van der Waals surface area contributed by atoms with Crippen molar-refractivity contribution < 1.29 is 9.47 Å². The Morgan fingerprint density at radius 3 is 3.09 bits per heavy atom. The van der Waals surface area contributed by atoms with Crippen molar-refractivity contribution in [2.75, 3.05) is 13.9 Å². The molecule has 0 saturated carbocycles. The SMILES string of the molecule is COCOCc1cccnc1. The van der Waals surface area contributed by atoms with Crippen molar-refractivity contribution >= 4 is 0 Å². The number of rotatable bonds is 4. The average molecular weight is 153 g/mol. The molecule has 3 nitrogen and oxygen atoms in total. The van der Waals surface area contributed by atoms with Gasteiger partial charge in [0.05, 0.1) is 6.61 Å². The summed E-state index contributed by atoms with van der Waals surface area (Å²) in [5.74, 6) is 0. The second kappa shape index (κ2) is 4.82. The lowest BCUT2D eigenvalue weighted by Gasteiger charge is -2.00. The van der Waals surface area contributed by atoms with E-state index >= 15 is 0 Å². The highest BCUT2D eigenvalue weighted by Gasteiger charge is 1.89. The van der Waals surface area contributed by atoms with Gasteiger partial charge >= 0.3 is 0 Å². The van der Waals surface area contributed by atoms with Gasteiger partial charge in [0.2, 0.25) is 0 Å². The fraction of sp³-hybridized carbons (Fsp3) is 0.375. The highest BCUT2D eigenvalue weighted by atomic mass is 16.7. The van der Waals surface area contributed by atoms with Crippen molar-refractivity contribution in [1.82, 2.24) is 4.98 Å². The Bertz CT molecular complexity index is 189. The molecule has 1 rings (SSSR count). The Kier molecular flexibility index (Phi) is 3.58. The van der Waals surface area contributed by atoms with E-state index in [1.165, 1.54) is 0 Å². The Morgan fingerprint density at radius 1 is 1.55 bits per heavy atom. The molecule has 0 N–H and O–H groups in total. The largest absolute Gasteiger partial charge is 0.359 e. The molecule has 0 unspecified atom stereocenters. The third-order valence-electron chi connectivity index (χ3n) is 1.19. The zero-order valence-electron chi connectivity index (χ0n) is 6.49. The molecule has 0 saturated heterocycles. The van der Waals surface area contributed by atoms with E-state index in [4.69, 9.17) is 9.47 Å². The fourth-order valence-electron chi connectivity index (χ4n) is 0.726. The van der Waals surface area contributed by atoms with Crippen molar-refractivity contribution in [2.45, 2.75) is 6.61 Å². The highest BCUT2D eigenvalue weighted by Crippen LogP contribution is 1.97. The number of aromatic nitrogens is 1. The zero-order valence-corrected chi connectivity index (χ0v) is 6.49. The van der Waals surface area contributed by atoms with Gasteiger partial charge in [-0.05, 0) is 11.6 Å². The van der Waals surface area contributed by atoms with Gasteiger partial charge in [0.15, 0.2) is 0 Å². The molecule has 0 aliphatic rings. The van der Waals surface area contributed by atoms with Crippen LogP contribution < -0.4 is 0 Å². The maximum absolute atomic E-state index is 5.11. The zero-order chi connectivity index (χ0) is 7.94. The first-order valence-corrected chi connectivity index (χ1v) is 3.39. The third-order valence-corrected chi connectivity index (χ3v) is 1.19. The lowest BCUT2D eigenvalue weighted by atomic mass is 10.3. The van der Waals surface area contributed by atoms with Crippen molar-refractivity contribution in [3.8, 4) is 0 Å². The van der Waals surface area contributed by atoms with E-state index in [9.17, 15) is 0 Å². The van der Waals surface area contributed by atoms with Crippen LogP contribution in [-0.2, 0) is 16.1 Å². The summed E-state index contributed by atoms with van der Waals surface area (Å²) in [5.41, 5.74) is 1.06. The molecule has 0 bridgehead atoms. The molecule has 0 aliphatic carbocycles. The van der Waals surface area contributed by atoms with E-state index in [0.29, 0.717) is 13.4 Å². The average Bonchev–Trinajstić information content (AvgIpc) is 2.07. The Balaban J connectivity index is 2.28. The molecule has 0 amide bonds. The second-order valence-electron chi connectivity index (χ2n) is 2.12. The maximum atomic E-state index is 5.11. The minimum absolute atomic E-state index is 0.328. The van der Waals surface area contributed by atoms with E-state index in [2.05, 4.69) is 4.98 Å². The van der Waals surface area contributed by atoms with Gasteiger partial charge in [-0.15, -0.1) is 0 Å². The third kappa shape index (κ3) is 3.11. The lowest BCUT2D eigenvalue weighted by Crippen LogP contribution is -1.96. The van der Waals surface area contributed by atoms with Crippen LogP contribution in [0, 0.1) is 0 Å². The van der Waals surface area contributed by atoms with Gasteiger partial charge < -0.3 is 9.47 Å². The van der Waals surface area contributed by atoms with Crippen molar-refractivity contribution in [3.05, 3.63) is 30.1 Å². The Hall–Kier alpha value is -0.930. The molecule has 1 aromatic rings. The molecule has 3 heteroatoms. The van der Waals surface area contributed by atoms with Crippen molar-refractivity contribution in [3.63, 3.8) is 0 Å². The van der Waals surface area contributed by atoms with Crippen LogP contribution in [0.15, 0.2) is 24.5 Å². The van der Waals surface area contributed by atoms with Crippen LogP contribution in [0.25, 0.3) is 0 Å². The fourth-order valence-corrected chi connectivity index (χ4v) is 0.726. The number of pyridine rings is 1. The first-order chi connectivity index (χ1) is 5.43. The van der Waals surface area contributed by atoms with Gasteiger partial charge in [0, 0.05) is 19.5 Å². The molecule has 11 heavy (non-hydrogen) atoms. The van der Waals surface area contributed by atoms with Crippen LogP contribution in [0.5, 0.6) is 0 Å². The molecule has 0 spiro atoms. The van der Waals surface area contributed by atoms with Gasteiger partial charge in [0.25, 0.3) is 0 Å². The molecule has 1 aromatic heterocycles. The van der Waals surface area contributed by atoms with Crippen molar-refractivity contribution in [2.24, 2.45) is 0 Å². The van der Waals surface area contributed by atoms with Crippen LogP contribution in [0.4, 0.5) is 0 Å². The summed E-state index contributed by atoms with van der Waals surface area (Å²) in [6.07, 6.45) is 3.51. The monoisotopic (exact) mass is 153 g/mol. The van der Waals surface area contributed by atoms with E-state index in [-0.39, 0.29) is 0 Å². The Morgan fingerprint density at radius 2 is 2.45 bits per heavy atom. The normalized spacial score (nSPS) is 9.91. The smallest absolute Gasteiger partial charge is 0.146 e. The summed E-state index contributed by atoms with van der Waals surface area (Å²) in [6, 6.07) is 3.84. The quantitative estimate of drug-likeness (QED) is 0.481. The van der Waals surface area contributed by atoms with Crippen LogP contribution in [0.1, 0.15) is 5.56 Å². The minimum Gasteiger partial charge on any atom is -0.359 e. The van der Waals surface area contributed by atoms with E-state index in [1.54, 1.807) is 19.5 Å². The van der Waals surface area contributed by atoms with Gasteiger partial charge in [-0.3, -0.25) is 4.98 Å². The Labute approximate surface area is 66.0 Å². The second-order valence-corrected chi connectivity index (χ2v) is 2.12. The predicted molar refractivity (Wildman–Crippen MR) is 40.9 cm³/mol. The van der Waals surface area contributed by atoms with Crippen LogP contribution >= 0.6 is 0 Å². The molecule has 0 radical (unpaired) electrons. The summed E-state index contributed by atoms with van der Waals surface area (Å²) < 4.78 is 9.83. The van der Waals surface area contributed by atoms with Gasteiger partial charge in [0.1, 0.15) is 6.79 Å². The summed E-state index contributed by atoms with van der Waals surface area (Å²) in [5, 5.41) is 0. The first kappa shape index (κ1) is 8.17. The number of nitrogens with zero attached hydrogens (tertiary/aromatic N) is 1. The summed E-state index contributed by atoms with van der Waals surface area (Å²) in [7, 11) is 1.60. The van der Waals surface area contributed by atoms with Crippen LogP contribution in [0.3, 0.4) is 0 Å². The van der Waals surface area contributed by atoms with E-state index in [0.717, 1.165) is 5.56 Å². The summed E-state index contributed by atoms with van der Waals surface area (Å²) in [6.45, 7) is 0.885. The van der Waals surface area contributed by atoms with Gasteiger partial charge in [-0.2, -0.15) is 0 Å². The van der Waals surface area contributed by atoms with Gasteiger partial charge in [-0.1, -0.05) is 6.07 Å². The highest BCUT2D eigenvalue weighted by molar-refractivity contribution is 5.06. The molecule has 0 aromatic carbocycles. The number of hydrogen-bond acceptors (Lipinski definition) is 3. The van der Waals surface area contributed by atoms with Gasteiger partial charge in [-0.25, -0.2) is 0 Å². The molecule has 0 atom stereocenters. The van der Waals surface area contributed by atoms with Crippen LogP contribution in [-0.4, -0.2) is 18.9 Å².